The minimum absolute atomic E-state index is 0.176. The molecule has 0 spiro atoms. The molecule has 0 aliphatic carbocycles. The quantitative estimate of drug-likeness (QED) is 0.800. The SMILES string of the molecule is CS(=O)(=O)c1ccc(C(=O)NCCC2=CCNCC2)cc1. The van der Waals surface area contributed by atoms with Gasteiger partial charge in [-0.1, -0.05) is 11.6 Å². The highest BCUT2D eigenvalue weighted by atomic mass is 32.2. The first-order chi connectivity index (χ1) is 9.97. The first-order valence-corrected chi connectivity index (χ1v) is 8.83. The van der Waals surface area contributed by atoms with Crippen molar-refractivity contribution < 1.29 is 13.2 Å². The molecule has 1 aromatic carbocycles. The van der Waals surface area contributed by atoms with Crippen LogP contribution in [-0.4, -0.2) is 40.2 Å². The summed E-state index contributed by atoms with van der Waals surface area (Å²) in [5, 5.41) is 6.10. The van der Waals surface area contributed by atoms with Crippen molar-refractivity contribution in [1.29, 1.82) is 0 Å². The molecule has 0 atom stereocenters. The zero-order valence-electron chi connectivity index (χ0n) is 12.1. The number of carbonyl (C=O) groups excluding carboxylic acids is 1. The van der Waals surface area contributed by atoms with Gasteiger partial charge in [-0.25, -0.2) is 8.42 Å². The summed E-state index contributed by atoms with van der Waals surface area (Å²) in [5.74, 6) is -0.176. The zero-order chi connectivity index (χ0) is 15.3. The fraction of sp³-hybridized carbons (Fsp3) is 0.400. The van der Waals surface area contributed by atoms with Gasteiger partial charge >= 0.3 is 0 Å². The van der Waals surface area contributed by atoms with Crippen molar-refractivity contribution in [3.8, 4) is 0 Å². The Morgan fingerprint density at radius 1 is 1.29 bits per heavy atom. The predicted molar refractivity (Wildman–Crippen MR) is 82.1 cm³/mol. The Balaban J connectivity index is 1.87. The number of rotatable bonds is 5. The highest BCUT2D eigenvalue weighted by molar-refractivity contribution is 7.90. The summed E-state index contributed by atoms with van der Waals surface area (Å²) >= 11 is 0. The van der Waals surface area contributed by atoms with Gasteiger partial charge in [-0.15, -0.1) is 0 Å². The fourth-order valence-corrected chi connectivity index (χ4v) is 2.82. The standard InChI is InChI=1S/C15H20N2O3S/c1-21(19,20)14-4-2-13(3-5-14)15(18)17-11-8-12-6-9-16-10-7-12/h2-6,16H,7-11H2,1H3,(H,17,18). The van der Waals surface area contributed by atoms with Crippen molar-refractivity contribution in [2.45, 2.75) is 17.7 Å². The maximum Gasteiger partial charge on any atom is 0.251 e. The second kappa shape index (κ2) is 6.87. The summed E-state index contributed by atoms with van der Waals surface area (Å²) < 4.78 is 22.7. The van der Waals surface area contributed by atoms with E-state index in [0.717, 1.165) is 32.2 Å². The van der Waals surface area contributed by atoms with E-state index in [1.165, 1.54) is 29.8 Å². The van der Waals surface area contributed by atoms with E-state index in [1.807, 2.05) is 0 Å². The topological polar surface area (TPSA) is 75.3 Å². The Hall–Kier alpha value is -1.66. The molecule has 0 saturated heterocycles. The van der Waals surface area contributed by atoms with Crippen molar-refractivity contribution in [3.05, 3.63) is 41.5 Å². The molecule has 0 aromatic heterocycles. The second-order valence-corrected chi connectivity index (χ2v) is 7.13. The maximum atomic E-state index is 12.0. The molecule has 5 nitrogen and oxygen atoms in total. The van der Waals surface area contributed by atoms with E-state index in [2.05, 4.69) is 16.7 Å². The number of hydrogen-bond acceptors (Lipinski definition) is 4. The molecular formula is C15H20N2O3S. The molecule has 0 fully saturated rings. The lowest BCUT2D eigenvalue weighted by Crippen LogP contribution is -2.26. The van der Waals surface area contributed by atoms with Gasteiger partial charge in [-0.3, -0.25) is 4.79 Å². The van der Waals surface area contributed by atoms with Gasteiger partial charge in [0, 0.05) is 24.9 Å². The van der Waals surface area contributed by atoms with Gasteiger partial charge in [-0.2, -0.15) is 0 Å². The van der Waals surface area contributed by atoms with Gasteiger partial charge in [0.1, 0.15) is 0 Å². The smallest absolute Gasteiger partial charge is 0.251 e. The number of nitrogens with one attached hydrogen (secondary N) is 2. The molecule has 0 saturated carbocycles. The molecule has 1 aliphatic rings. The lowest BCUT2D eigenvalue weighted by atomic mass is 10.1. The van der Waals surface area contributed by atoms with Crippen LogP contribution in [0.3, 0.4) is 0 Å². The van der Waals surface area contributed by atoms with Crippen molar-refractivity contribution >= 4 is 15.7 Å². The van der Waals surface area contributed by atoms with Crippen molar-refractivity contribution in [1.82, 2.24) is 10.6 Å². The van der Waals surface area contributed by atoms with Crippen LogP contribution in [0.1, 0.15) is 23.2 Å². The van der Waals surface area contributed by atoms with Gasteiger partial charge < -0.3 is 10.6 Å². The van der Waals surface area contributed by atoms with Crippen LogP contribution in [0.25, 0.3) is 0 Å². The van der Waals surface area contributed by atoms with E-state index in [4.69, 9.17) is 0 Å². The van der Waals surface area contributed by atoms with Crippen LogP contribution < -0.4 is 10.6 Å². The Morgan fingerprint density at radius 2 is 2.00 bits per heavy atom. The summed E-state index contributed by atoms with van der Waals surface area (Å²) in [6, 6.07) is 5.99. The third-order valence-corrected chi connectivity index (χ3v) is 4.56. The third-order valence-electron chi connectivity index (χ3n) is 3.43. The second-order valence-electron chi connectivity index (χ2n) is 5.12. The van der Waals surface area contributed by atoms with E-state index >= 15 is 0 Å². The molecule has 1 amide bonds. The Bertz CT molecular complexity index is 633. The lowest BCUT2D eigenvalue weighted by molar-refractivity contribution is 0.0954. The monoisotopic (exact) mass is 308 g/mol. The van der Waals surface area contributed by atoms with E-state index in [-0.39, 0.29) is 10.8 Å². The van der Waals surface area contributed by atoms with Crippen LogP contribution in [0, 0.1) is 0 Å². The lowest BCUT2D eigenvalue weighted by Gasteiger charge is -2.14. The Labute approximate surface area is 125 Å². The third kappa shape index (κ3) is 4.68. The summed E-state index contributed by atoms with van der Waals surface area (Å²) in [6.45, 7) is 2.49. The van der Waals surface area contributed by atoms with Gasteiger partial charge in [0.25, 0.3) is 5.91 Å². The molecule has 0 bridgehead atoms. The Kier molecular flexibility index (Phi) is 5.14. The average molecular weight is 308 g/mol. The molecule has 1 heterocycles. The van der Waals surface area contributed by atoms with Crippen LogP contribution in [0.5, 0.6) is 0 Å². The Morgan fingerprint density at radius 3 is 2.57 bits per heavy atom. The summed E-state index contributed by atoms with van der Waals surface area (Å²) in [4.78, 5) is 12.2. The van der Waals surface area contributed by atoms with E-state index < -0.39 is 9.84 Å². The summed E-state index contributed by atoms with van der Waals surface area (Å²) in [6.07, 6.45) is 5.19. The molecular weight excluding hydrogens is 288 g/mol. The van der Waals surface area contributed by atoms with E-state index in [1.54, 1.807) is 0 Å². The molecule has 6 heteroatoms. The number of sulfone groups is 1. The van der Waals surface area contributed by atoms with Crippen molar-refractivity contribution in [3.63, 3.8) is 0 Å². The molecule has 1 aromatic rings. The molecule has 0 unspecified atom stereocenters. The van der Waals surface area contributed by atoms with Gasteiger partial charge in [0.05, 0.1) is 4.90 Å². The van der Waals surface area contributed by atoms with Crippen LogP contribution in [-0.2, 0) is 9.84 Å². The number of amides is 1. The number of benzene rings is 1. The molecule has 2 N–H and O–H groups in total. The van der Waals surface area contributed by atoms with Crippen molar-refractivity contribution in [2.75, 3.05) is 25.9 Å². The van der Waals surface area contributed by atoms with Crippen molar-refractivity contribution in [2.24, 2.45) is 0 Å². The van der Waals surface area contributed by atoms with E-state index in [9.17, 15) is 13.2 Å². The zero-order valence-corrected chi connectivity index (χ0v) is 12.9. The number of carbonyl (C=O) groups is 1. The first-order valence-electron chi connectivity index (χ1n) is 6.94. The first kappa shape index (κ1) is 15.7. The fourth-order valence-electron chi connectivity index (χ4n) is 2.19. The van der Waals surface area contributed by atoms with Crippen LogP contribution >= 0.6 is 0 Å². The average Bonchev–Trinajstić information content (AvgIpc) is 2.47. The molecule has 2 rings (SSSR count). The molecule has 21 heavy (non-hydrogen) atoms. The molecule has 1 aliphatic heterocycles. The number of hydrogen-bond donors (Lipinski definition) is 2. The van der Waals surface area contributed by atoms with Gasteiger partial charge in [0.2, 0.25) is 0 Å². The van der Waals surface area contributed by atoms with Crippen LogP contribution in [0.2, 0.25) is 0 Å². The predicted octanol–water partition coefficient (Wildman–Crippen LogP) is 1.13. The van der Waals surface area contributed by atoms with Crippen LogP contribution in [0.4, 0.5) is 0 Å². The summed E-state index contributed by atoms with van der Waals surface area (Å²) in [7, 11) is -3.22. The van der Waals surface area contributed by atoms with E-state index in [0.29, 0.717) is 12.1 Å². The van der Waals surface area contributed by atoms with Gasteiger partial charge in [-0.05, 0) is 43.7 Å². The normalized spacial score (nSPS) is 15.4. The van der Waals surface area contributed by atoms with Gasteiger partial charge in [0.15, 0.2) is 9.84 Å². The minimum atomic E-state index is -3.22. The maximum absolute atomic E-state index is 12.0. The summed E-state index contributed by atoms with van der Waals surface area (Å²) in [5.41, 5.74) is 1.84. The van der Waals surface area contributed by atoms with Crippen LogP contribution in [0.15, 0.2) is 40.8 Å². The largest absolute Gasteiger partial charge is 0.352 e. The minimum Gasteiger partial charge on any atom is -0.352 e. The highest BCUT2D eigenvalue weighted by Crippen LogP contribution is 2.11. The highest BCUT2D eigenvalue weighted by Gasteiger charge is 2.10. The molecule has 0 radical (unpaired) electrons. The molecule has 114 valence electrons.